The fourth-order valence-electron chi connectivity index (χ4n) is 3.36. The van der Waals surface area contributed by atoms with Gasteiger partial charge in [0.2, 0.25) is 5.17 Å². The van der Waals surface area contributed by atoms with Crippen molar-refractivity contribution in [2.75, 3.05) is 13.1 Å². The van der Waals surface area contributed by atoms with E-state index in [2.05, 4.69) is 15.0 Å². The van der Waals surface area contributed by atoms with E-state index >= 15 is 0 Å². The summed E-state index contributed by atoms with van der Waals surface area (Å²) < 4.78 is 5.84. The lowest BCUT2D eigenvalue weighted by molar-refractivity contribution is -0.114. The first kappa shape index (κ1) is 18.2. The van der Waals surface area contributed by atoms with Crippen LogP contribution in [0.25, 0.3) is 17.4 Å². The van der Waals surface area contributed by atoms with Gasteiger partial charge in [-0.1, -0.05) is 11.6 Å². The summed E-state index contributed by atoms with van der Waals surface area (Å²) in [6, 6.07) is 10.9. The smallest absolute Gasteiger partial charge is 0.283 e. The average Bonchev–Trinajstić information content (AvgIpc) is 3.46. The first-order valence-corrected chi connectivity index (χ1v) is 10.4. The number of rotatable bonds is 2. The van der Waals surface area contributed by atoms with Crippen LogP contribution < -0.4 is 0 Å². The van der Waals surface area contributed by atoms with E-state index in [1.807, 2.05) is 18.2 Å². The van der Waals surface area contributed by atoms with Crippen molar-refractivity contribution in [1.29, 1.82) is 5.41 Å². The summed E-state index contributed by atoms with van der Waals surface area (Å²) in [4.78, 5) is 18.8. The van der Waals surface area contributed by atoms with Crippen molar-refractivity contribution in [3.05, 3.63) is 52.8 Å². The molecule has 1 fully saturated rings. The third kappa shape index (κ3) is 3.38. The first-order valence-electron chi connectivity index (χ1n) is 9.19. The van der Waals surface area contributed by atoms with Gasteiger partial charge < -0.3 is 9.32 Å². The summed E-state index contributed by atoms with van der Waals surface area (Å²) in [5.41, 5.74) is 1.03. The molecule has 146 valence electrons. The molecule has 3 aliphatic rings. The Kier molecular flexibility index (Phi) is 4.52. The van der Waals surface area contributed by atoms with E-state index in [1.54, 1.807) is 24.3 Å². The maximum Gasteiger partial charge on any atom is 0.283 e. The highest BCUT2D eigenvalue weighted by Crippen LogP contribution is 2.31. The Labute approximate surface area is 176 Å². The molecule has 0 unspecified atom stereocenters. The van der Waals surface area contributed by atoms with Crippen molar-refractivity contribution >= 4 is 51.5 Å². The number of halogens is 1. The summed E-state index contributed by atoms with van der Waals surface area (Å²) in [6.07, 6.45) is 3.79. The highest BCUT2D eigenvalue weighted by atomic mass is 35.5. The molecule has 1 aromatic heterocycles. The molecule has 0 atom stereocenters. The van der Waals surface area contributed by atoms with Gasteiger partial charge in [0.25, 0.3) is 5.91 Å². The van der Waals surface area contributed by atoms with Gasteiger partial charge in [0, 0.05) is 23.7 Å². The minimum absolute atomic E-state index is 0.00569. The predicted molar refractivity (Wildman–Crippen MR) is 115 cm³/mol. The summed E-state index contributed by atoms with van der Waals surface area (Å²) >= 11 is 7.27. The molecular formula is C20H16ClN5O2S. The van der Waals surface area contributed by atoms with Gasteiger partial charge in [-0.3, -0.25) is 10.2 Å². The van der Waals surface area contributed by atoms with Crippen LogP contribution in [-0.4, -0.2) is 45.1 Å². The van der Waals surface area contributed by atoms with Crippen LogP contribution in [0.15, 0.2) is 56.5 Å². The lowest BCUT2D eigenvalue weighted by Crippen LogP contribution is -2.35. The normalized spacial score (nSPS) is 20.4. The number of amides is 1. The number of likely N-dealkylation sites (tertiary alicyclic amines) is 1. The number of carbonyl (C=O) groups excluding carboxylic acids is 1. The second-order valence-corrected chi connectivity index (χ2v) is 8.18. The van der Waals surface area contributed by atoms with Crippen molar-refractivity contribution in [2.45, 2.75) is 12.8 Å². The minimum Gasteiger partial charge on any atom is -0.457 e. The molecule has 29 heavy (non-hydrogen) atoms. The number of thioether (sulfide) groups is 1. The van der Waals surface area contributed by atoms with Gasteiger partial charge >= 0.3 is 0 Å². The second kappa shape index (κ2) is 7.20. The summed E-state index contributed by atoms with van der Waals surface area (Å²) in [7, 11) is 0. The van der Waals surface area contributed by atoms with Gasteiger partial charge in [-0.2, -0.15) is 10.0 Å². The second-order valence-electron chi connectivity index (χ2n) is 6.81. The quantitative estimate of drug-likeness (QED) is 0.726. The standard InChI is InChI=1S/C20H16ClN5O2S/c21-13-5-3-12(4-6-13)16-8-7-14(28-16)11-15-17(22)26-19(23-18(15)27)29-20(24-26)25-9-1-2-10-25/h3-8,11,22H,1-2,9-10H2/b15-11+,22-17?. The highest BCUT2D eigenvalue weighted by molar-refractivity contribution is 8.26. The Balaban J connectivity index is 1.42. The number of nitrogens with zero attached hydrogens (tertiary/aromatic N) is 4. The zero-order chi connectivity index (χ0) is 20.0. The fourth-order valence-corrected chi connectivity index (χ4v) is 4.43. The summed E-state index contributed by atoms with van der Waals surface area (Å²) in [5.74, 6) is 0.665. The van der Waals surface area contributed by atoms with E-state index in [-0.39, 0.29) is 11.4 Å². The number of hydrogen-bond donors (Lipinski definition) is 1. The van der Waals surface area contributed by atoms with Crippen molar-refractivity contribution in [1.82, 2.24) is 9.91 Å². The number of fused-ring (bicyclic) bond motifs is 1. The molecule has 9 heteroatoms. The molecule has 0 radical (unpaired) electrons. The summed E-state index contributed by atoms with van der Waals surface area (Å²) in [5, 5.41) is 16.3. The van der Waals surface area contributed by atoms with Gasteiger partial charge in [0.15, 0.2) is 11.0 Å². The van der Waals surface area contributed by atoms with Crippen LogP contribution >= 0.6 is 23.4 Å². The Morgan fingerprint density at radius 2 is 1.86 bits per heavy atom. The molecule has 1 amide bonds. The predicted octanol–water partition coefficient (Wildman–Crippen LogP) is 4.27. The molecular weight excluding hydrogens is 410 g/mol. The number of hydrazone groups is 1. The highest BCUT2D eigenvalue weighted by Gasteiger charge is 2.37. The molecule has 0 bridgehead atoms. The molecule has 1 aromatic carbocycles. The SMILES string of the molecule is N=C1/C(=C\c2ccc(-c3ccc(Cl)cc3)o2)C(=O)N=C2SC(N3CCCC3)=NN12. The Morgan fingerprint density at radius 1 is 1.10 bits per heavy atom. The molecule has 4 heterocycles. The van der Waals surface area contributed by atoms with Crippen molar-refractivity contribution < 1.29 is 9.21 Å². The molecule has 3 aliphatic heterocycles. The number of nitrogens with one attached hydrogen (secondary N) is 1. The van der Waals surface area contributed by atoms with Gasteiger partial charge in [0.05, 0.1) is 5.57 Å². The largest absolute Gasteiger partial charge is 0.457 e. The number of aliphatic imine (C=N–C) groups is 1. The van der Waals surface area contributed by atoms with Crippen LogP contribution in [0.3, 0.4) is 0 Å². The van der Waals surface area contributed by atoms with Crippen LogP contribution in [0.1, 0.15) is 18.6 Å². The van der Waals surface area contributed by atoms with Gasteiger partial charge in [0.1, 0.15) is 11.5 Å². The lowest BCUT2D eigenvalue weighted by Gasteiger charge is -2.19. The Hall–Kier alpha value is -2.84. The fraction of sp³-hybridized carbons (Fsp3) is 0.200. The van der Waals surface area contributed by atoms with Crippen LogP contribution in [0.2, 0.25) is 5.02 Å². The molecule has 2 aromatic rings. The molecule has 0 aliphatic carbocycles. The number of hydrogen-bond acceptors (Lipinski definition) is 6. The maximum absolute atomic E-state index is 12.5. The molecule has 1 N–H and O–H groups in total. The van der Waals surface area contributed by atoms with Crippen molar-refractivity contribution in [3.63, 3.8) is 0 Å². The van der Waals surface area contributed by atoms with Crippen LogP contribution in [-0.2, 0) is 4.79 Å². The topological polar surface area (TPSA) is 85.3 Å². The molecule has 5 rings (SSSR count). The Morgan fingerprint density at radius 3 is 2.62 bits per heavy atom. The Bertz CT molecular complexity index is 1100. The molecule has 1 saturated heterocycles. The third-order valence-electron chi connectivity index (χ3n) is 4.86. The van der Waals surface area contributed by atoms with Gasteiger partial charge in [-0.25, -0.2) is 0 Å². The maximum atomic E-state index is 12.5. The van der Waals surface area contributed by atoms with Crippen LogP contribution in [0.4, 0.5) is 0 Å². The zero-order valence-corrected chi connectivity index (χ0v) is 16.8. The lowest BCUT2D eigenvalue weighted by atomic mass is 10.1. The van der Waals surface area contributed by atoms with E-state index in [0.29, 0.717) is 21.7 Å². The third-order valence-corrected chi connectivity index (χ3v) is 6.08. The number of benzene rings is 1. The number of amidine groups is 3. The number of carbonyl (C=O) groups is 1. The molecule has 0 spiro atoms. The molecule has 0 saturated carbocycles. The first-order chi connectivity index (χ1) is 14.1. The summed E-state index contributed by atoms with van der Waals surface area (Å²) in [6.45, 7) is 1.88. The van der Waals surface area contributed by atoms with Crippen LogP contribution in [0, 0.1) is 5.41 Å². The minimum atomic E-state index is -0.462. The van der Waals surface area contributed by atoms with E-state index in [4.69, 9.17) is 21.4 Å². The zero-order valence-electron chi connectivity index (χ0n) is 15.3. The van der Waals surface area contributed by atoms with Crippen molar-refractivity contribution in [3.8, 4) is 11.3 Å². The van der Waals surface area contributed by atoms with E-state index in [0.717, 1.165) is 36.7 Å². The van der Waals surface area contributed by atoms with E-state index in [1.165, 1.54) is 16.8 Å². The van der Waals surface area contributed by atoms with Gasteiger partial charge in [-0.05, 0) is 67.1 Å². The van der Waals surface area contributed by atoms with E-state index in [9.17, 15) is 4.79 Å². The molecule has 7 nitrogen and oxygen atoms in total. The van der Waals surface area contributed by atoms with E-state index < -0.39 is 5.91 Å². The number of furan rings is 1. The average molecular weight is 426 g/mol. The van der Waals surface area contributed by atoms with Crippen LogP contribution in [0.5, 0.6) is 0 Å². The monoisotopic (exact) mass is 425 g/mol. The van der Waals surface area contributed by atoms with Gasteiger partial charge in [-0.15, -0.1) is 5.10 Å². The van der Waals surface area contributed by atoms with Crippen molar-refractivity contribution in [2.24, 2.45) is 10.1 Å².